The molecule has 1 N–H and O–H groups in total. The van der Waals surface area contributed by atoms with Gasteiger partial charge in [0.05, 0.1) is 12.9 Å². The van der Waals surface area contributed by atoms with Gasteiger partial charge in [-0.3, -0.25) is 4.79 Å². The topological polar surface area (TPSA) is 74.5 Å². The molecule has 0 aliphatic carbocycles. The molecule has 3 rings (SSSR count). The maximum absolute atomic E-state index is 12.1. The van der Waals surface area contributed by atoms with Crippen LogP contribution in [-0.4, -0.2) is 18.8 Å². The van der Waals surface area contributed by atoms with Gasteiger partial charge >= 0.3 is 0 Å². The Morgan fingerprint density at radius 1 is 1.03 bits per heavy atom. The van der Waals surface area contributed by atoms with Crippen LogP contribution in [0.25, 0.3) is 0 Å². The van der Waals surface area contributed by atoms with Crippen molar-refractivity contribution in [2.75, 3.05) is 12.9 Å². The van der Waals surface area contributed by atoms with Crippen molar-refractivity contribution in [1.29, 1.82) is 0 Å². The van der Waals surface area contributed by atoms with Crippen LogP contribution >= 0.6 is 11.8 Å². The Balaban J connectivity index is 1.51. The highest BCUT2D eigenvalue weighted by atomic mass is 32.2. The first-order valence-electron chi connectivity index (χ1n) is 9.07. The maximum atomic E-state index is 12.1. The minimum absolute atomic E-state index is 0.151. The number of amides is 1. The fourth-order valence-corrected chi connectivity index (χ4v) is 3.34. The van der Waals surface area contributed by atoms with Gasteiger partial charge in [0.2, 0.25) is 5.91 Å². The Kier molecular flexibility index (Phi) is 7.35. The van der Waals surface area contributed by atoms with Crippen LogP contribution in [0, 0.1) is 5.21 Å². The van der Waals surface area contributed by atoms with Crippen LogP contribution in [0.4, 0.5) is 0 Å². The van der Waals surface area contributed by atoms with Gasteiger partial charge in [0.15, 0.2) is 17.7 Å². The molecule has 0 saturated heterocycles. The summed E-state index contributed by atoms with van der Waals surface area (Å²) in [7, 11) is 1.59. The highest BCUT2D eigenvalue weighted by Gasteiger charge is 2.10. The van der Waals surface area contributed by atoms with E-state index in [-0.39, 0.29) is 11.7 Å². The molecule has 29 heavy (non-hydrogen) atoms. The molecule has 0 aliphatic rings. The molecule has 0 spiro atoms. The van der Waals surface area contributed by atoms with Crippen molar-refractivity contribution in [2.45, 2.75) is 18.2 Å². The Bertz CT molecular complexity index is 951. The number of aromatic nitrogens is 1. The molecular formula is C22H22N2O4S. The van der Waals surface area contributed by atoms with Crippen molar-refractivity contribution in [1.82, 2.24) is 5.32 Å². The fourth-order valence-electron chi connectivity index (χ4n) is 2.59. The number of ether oxygens (including phenoxy) is 2. The van der Waals surface area contributed by atoms with Crippen LogP contribution < -0.4 is 19.5 Å². The summed E-state index contributed by atoms with van der Waals surface area (Å²) in [6.45, 7) is 0.810. The molecule has 1 aromatic heterocycles. The van der Waals surface area contributed by atoms with Crippen LogP contribution in [0.1, 0.15) is 11.1 Å². The molecular weight excluding hydrogens is 388 g/mol. The quantitative estimate of drug-likeness (QED) is 0.333. The Hall–Kier alpha value is -3.19. The molecule has 150 valence electrons. The fraction of sp³-hybridized carbons (Fsp3) is 0.182. The Morgan fingerprint density at radius 2 is 1.83 bits per heavy atom. The molecule has 0 atom stereocenters. The molecule has 7 heteroatoms. The van der Waals surface area contributed by atoms with Crippen molar-refractivity contribution in [2.24, 2.45) is 0 Å². The van der Waals surface area contributed by atoms with E-state index < -0.39 is 0 Å². The standard InChI is InChI=1S/C22H22N2O4S/c1-27-20-13-18(10-11-19(20)28-15-17-7-3-2-4-8-17)14-23-21(25)16-29-22-9-5-6-12-24(22)26/h2-13H,14-16H2,1H3,(H,23,25). The second-order valence-corrected chi connectivity index (χ2v) is 7.19. The van der Waals surface area contributed by atoms with Crippen molar-refractivity contribution < 1.29 is 19.0 Å². The van der Waals surface area contributed by atoms with Crippen LogP contribution in [0.15, 0.2) is 78.0 Å². The van der Waals surface area contributed by atoms with E-state index >= 15 is 0 Å². The smallest absolute Gasteiger partial charge is 0.251 e. The summed E-state index contributed by atoms with van der Waals surface area (Å²) >= 11 is 1.20. The lowest BCUT2D eigenvalue weighted by molar-refractivity contribution is -0.645. The number of nitrogens with one attached hydrogen (secondary N) is 1. The number of thioether (sulfide) groups is 1. The third-order valence-corrected chi connectivity index (χ3v) is 5.11. The zero-order valence-electron chi connectivity index (χ0n) is 16.0. The summed E-state index contributed by atoms with van der Waals surface area (Å²) in [6, 6.07) is 20.6. The monoisotopic (exact) mass is 410 g/mol. The van der Waals surface area contributed by atoms with E-state index in [0.717, 1.165) is 15.9 Å². The molecule has 3 aromatic rings. The van der Waals surface area contributed by atoms with Crippen LogP contribution in [0.5, 0.6) is 11.5 Å². The highest BCUT2D eigenvalue weighted by molar-refractivity contribution is 7.99. The van der Waals surface area contributed by atoms with E-state index in [1.165, 1.54) is 18.0 Å². The first-order chi connectivity index (χ1) is 14.2. The minimum atomic E-state index is -0.151. The summed E-state index contributed by atoms with van der Waals surface area (Å²) in [5.41, 5.74) is 1.96. The number of hydrogen-bond donors (Lipinski definition) is 1. The van der Waals surface area contributed by atoms with Crippen molar-refractivity contribution in [3.63, 3.8) is 0 Å². The van der Waals surface area contributed by atoms with Gasteiger partial charge in [0.1, 0.15) is 6.61 Å². The maximum Gasteiger partial charge on any atom is 0.251 e. The number of rotatable bonds is 9. The predicted octanol–water partition coefficient (Wildman–Crippen LogP) is 3.32. The average Bonchev–Trinajstić information content (AvgIpc) is 2.76. The molecule has 0 unspecified atom stereocenters. The number of nitrogens with zero attached hydrogens (tertiary/aromatic N) is 1. The van der Waals surface area contributed by atoms with E-state index in [1.807, 2.05) is 48.5 Å². The van der Waals surface area contributed by atoms with Gasteiger partial charge in [-0.1, -0.05) is 36.4 Å². The largest absolute Gasteiger partial charge is 0.618 e. The summed E-state index contributed by atoms with van der Waals surface area (Å²) in [6.07, 6.45) is 1.41. The number of methoxy groups -OCH3 is 1. The number of hydrogen-bond acceptors (Lipinski definition) is 5. The van der Waals surface area contributed by atoms with Crippen LogP contribution in [-0.2, 0) is 17.9 Å². The van der Waals surface area contributed by atoms with Crippen LogP contribution in [0.3, 0.4) is 0 Å². The Morgan fingerprint density at radius 3 is 2.59 bits per heavy atom. The number of pyridine rings is 1. The predicted molar refractivity (Wildman–Crippen MR) is 112 cm³/mol. The van der Waals surface area contributed by atoms with Crippen molar-refractivity contribution >= 4 is 17.7 Å². The molecule has 6 nitrogen and oxygen atoms in total. The highest BCUT2D eigenvalue weighted by Crippen LogP contribution is 2.28. The molecule has 1 heterocycles. The van der Waals surface area contributed by atoms with E-state index in [1.54, 1.807) is 25.3 Å². The van der Waals surface area contributed by atoms with E-state index in [0.29, 0.717) is 29.7 Å². The van der Waals surface area contributed by atoms with E-state index in [4.69, 9.17) is 9.47 Å². The van der Waals surface area contributed by atoms with E-state index in [2.05, 4.69) is 5.32 Å². The summed E-state index contributed by atoms with van der Waals surface area (Å²) in [5.74, 6) is 1.27. The van der Waals surface area contributed by atoms with Gasteiger partial charge in [-0.25, -0.2) is 0 Å². The third kappa shape index (κ3) is 6.15. The first-order valence-corrected chi connectivity index (χ1v) is 10.1. The summed E-state index contributed by atoms with van der Waals surface area (Å²) in [5, 5.41) is 14.9. The van der Waals surface area contributed by atoms with Gasteiger partial charge in [-0.15, -0.1) is 0 Å². The van der Waals surface area contributed by atoms with Crippen molar-refractivity contribution in [3.05, 3.63) is 89.3 Å². The molecule has 0 aliphatic heterocycles. The SMILES string of the molecule is COc1cc(CNC(=O)CSc2cccc[n+]2[O-])ccc1OCc1ccccc1. The van der Waals surface area contributed by atoms with Gasteiger partial charge < -0.3 is 20.0 Å². The first kappa shape index (κ1) is 20.5. The zero-order valence-corrected chi connectivity index (χ0v) is 16.9. The molecule has 0 saturated carbocycles. The lowest BCUT2D eigenvalue weighted by atomic mass is 10.2. The molecule has 0 bridgehead atoms. The average molecular weight is 410 g/mol. The van der Waals surface area contributed by atoms with Gasteiger partial charge in [0.25, 0.3) is 5.03 Å². The second kappa shape index (κ2) is 10.4. The number of benzene rings is 2. The number of carbonyl (C=O) groups excluding carboxylic acids is 1. The molecule has 0 radical (unpaired) electrons. The second-order valence-electron chi connectivity index (χ2n) is 6.19. The zero-order chi connectivity index (χ0) is 20.5. The Labute approximate surface area is 174 Å². The van der Waals surface area contributed by atoms with Crippen LogP contribution in [0.2, 0.25) is 0 Å². The number of carbonyl (C=O) groups is 1. The summed E-state index contributed by atoms with van der Waals surface area (Å²) in [4.78, 5) is 12.1. The molecule has 1 amide bonds. The molecule has 0 fully saturated rings. The normalized spacial score (nSPS) is 10.4. The summed E-state index contributed by atoms with van der Waals surface area (Å²) < 4.78 is 12.0. The van der Waals surface area contributed by atoms with Gasteiger partial charge in [0, 0.05) is 18.7 Å². The minimum Gasteiger partial charge on any atom is -0.618 e. The lowest BCUT2D eigenvalue weighted by Gasteiger charge is -2.13. The van der Waals surface area contributed by atoms with Gasteiger partial charge in [-0.05, 0) is 41.1 Å². The lowest BCUT2D eigenvalue weighted by Crippen LogP contribution is -2.29. The van der Waals surface area contributed by atoms with Crippen molar-refractivity contribution in [3.8, 4) is 11.5 Å². The van der Waals surface area contributed by atoms with E-state index in [9.17, 15) is 10.0 Å². The van der Waals surface area contributed by atoms with Gasteiger partial charge in [-0.2, -0.15) is 4.73 Å². The third-order valence-electron chi connectivity index (χ3n) is 4.09. The molecule has 2 aromatic carbocycles.